The van der Waals surface area contributed by atoms with E-state index in [1.54, 1.807) is 12.1 Å². The maximum absolute atomic E-state index is 14.1. The molecule has 110 valence electrons. The zero-order chi connectivity index (χ0) is 14.7. The van der Waals surface area contributed by atoms with Crippen molar-refractivity contribution in [3.63, 3.8) is 0 Å². The largest absolute Gasteiger partial charge is 0.389 e. The van der Waals surface area contributed by atoms with Crippen molar-refractivity contribution in [2.75, 3.05) is 37.6 Å². The number of nitrogens with two attached hydrogens (primary N) is 1. The van der Waals surface area contributed by atoms with Crippen LogP contribution in [0.2, 0.25) is 0 Å². The Morgan fingerprint density at radius 2 is 1.95 bits per heavy atom. The van der Waals surface area contributed by atoms with Crippen LogP contribution in [-0.2, 0) is 0 Å². The van der Waals surface area contributed by atoms with Crippen LogP contribution in [0.3, 0.4) is 0 Å². The molecule has 1 saturated heterocycles. The van der Waals surface area contributed by atoms with Crippen LogP contribution < -0.4 is 10.6 Å². The minimum Gasteiger partial charge on any atom is -0.389 e. The van der Waals surface area contributed by atoms with Crippen LogP contribution >= 0.6 is 12.2 Å². The van der Waals surface area contributed by atoms with Crippen LogP contribution in [0.4, 0.5) is 10.1 Å². The fraction of sp³-hybridized carbons (Fsp3) is 0.533. The summed E-state index contributed by atoms with van der Waals surface area (Å²) in [6, 6.07) is 5.00. The van der Waals surface area contributed by atoms with Crippen molar-refractivity contribution < 1.29 is 4.39 Å². The maximum atomic E-state index is 14.1. The molecule has 0 radical (unpaired) electrons. The summed E-state index contributed by atoms with van der Waals surface area (Å²) in [5, 5.41) is 0. The molecular formula is C15H22FN3S. The number of anilines is 1. The average molecular weight is 295 g/mol. The summed E-state index contributed by atoms with van der Waals surface area (Å²) < 4.78 is 14.1. The van der Waals surface area contributed by atoms with Gasteiger partial charge < -0.3 is 10.6 Å². The van der Waals surface area contributed by atoms with E-state index in [-0.39, 0.29) is 10.8 Å². The number of benzene rings is 1. The van der Waals surface area contributed by atoms with E-state index < -0.39 is 0 Å². The molecule has 20 heavy (non-hydrogen) atoms. The van der Waals surface area contributed by atoms with Crippen molar-refractivity contribution in [3.05, 3.63) is 29.6 Å². The number of nitrogens with zero attached hydrogens (tertiary/aromatic N) is 2. The fourth-order valence-electron chi connectivity index (χ4n) is 2.60. The van der Waals surface area contributed by atoms with Crippen LogP contribution in [-0.4, -0.2) is 42.6 Å². The van der Waals surface area contributed by atoms with Crippen molar-refractivity contribution in [2.24, 2.45) is 11.7 Å². The van der Waals surface area contributed by atoms with Gasteiger partial charge in [0.2, 0.25) is 0 Å². The molecule has 5 heteroatoms. The summed E-state index contributed by atoms with van der Waals surface area (Å²) in [5.41, 5.74) is 6.75. The van der Waals surface area contributed by atoms with E-state index in [2.05, 4.69) is 23.6 Å². The minimum absolute atomic E-state index is 0.234. The number of thiocarbonyl (C=S) groups is 1. The molecule has 0 bridgehead atoms. The highest BCUT2D eigenvalue weighted by Crippen LogP contribution is 2.22. The molecule has 0 atom stereocenters. The second kappa shape index (κ2) is 6.50. The van der Waals surface area contributed by atoms with Gasteiger partial charge in [-0.25, -0.2) is 4.39 Å². The molecule has 1 heterocycles. The highest BCUT2D eigenvalue weighted by atomic mass is 32.1. The number of rotatable bonds is 4. The Hall–Kier alpha value is -1.20. The SMILES string of the molecule is CC(C)CN1CCN(c2ccc(C(N)=S)cc2F)CC1. The molecule has 3 nitrogen and oxygen atoms in total. The normalized spacial score (nSPS) is 16.7. The van der Waals surface area contributed by atoms with Crippen LogP contribution in [0.25, 0.3) is 0 Å². The molecule has 0 saturated carbocycles. The molecule has 0 unspecified atom stereocenters. The lowest BCUT2D eigenvalue weighted by Gasteiger charge is -2.37. The lowest BCUT2D eigenvalue weighted by molar-refractivity contribution is 0.231. The van der Waals surface area contributed by atoms with Gasteiger partial charge in [-0.3, -0.25) is 4.90 Å². The maximum Gasteiger partial charge on any atom is 0.147 e. The number of piperazine rings is 1. The van der Waals surface area contributed by atoms with Gasteiger partial charge in [-0.2, -0.15) is 0 Å². The Morgan fingerprint density at radius 1 is 1.30 bits per heavy atom. The van der Waals surface area contributed by atoms with Gasteiger partial charge in [-0.05, 0) is 24.1 Å². The highest BCUT2D eigenvalue weighted by Gasteiger charge is 2.20. The third-order valence-corrected chi connectivity index (χ3v) is 3.80. The summed E-state index contributed by atoms with van der Waals surface area (Å²) in [4.78, 5) is 4.76. The van der Waals surface area contributed by atoms with E-state index in [9.17, 15) is 4.39 Å². The molecule has 2 N–H and O–H groups in total. The first-order valence-corrected chi connectivity index (χ1v) is 7.45. The Bertz CT molecular complexity index is 482. The Labute approximate surface area is 125 Å². The molecule has 0 amide bonds. The first-order valence-electron chi connectivity index (χ1n) is 7.04. The van der Waals surface area contributed by atoms with Gasteiger partial charge in [-0.1, -0.05) is 26.1 Å². The van der Waals surface area contributed by atoms with Gasteiger partial charge in [-0.15, -0.1) is 0 Å². The summed E-state index contributed by atoms with van der Waals surface area (Å²) in [5.74, 6) is 0.427. The first-order chi connectivity index (χ1) is 9.47. The summed E-state index contributed by atoms with van der Waals surface area (Å²) in [6.45, 7) is 9.23. The van der Waals surface area contributed by atoms with Crippen LogP contribution in [0.1, 0.15) is 19.4 Å². The Kier molecular flexibility index (Phi) is 4.94. The van der Waals surface area contributed by atoms with E-state index in [4.69, 9.17) is 18.0 Å². The molecule has 1 aliphatic heterocycles. The monoisotopic (exact) mass is 295 g/mol. The quantitative estimate of drug-likeness (QED) is 0.864. The summed E-state index contributed by atoms with van der Waals surface area (Å²) in [7, 11) is 0. The molecule has 0 spiro atoms. The van der Waals surface area contributed by atoms with E-state index in [0.29, 0.717) is 17.2 Å². The Balaban J connectivity index is 2.02. The second-order valence-electron chi connectivity index (χ2n) is 5.71. The third kappa shape index (κ3) is 3.67. The molecule has 1 aromatic rings. The zero-order valence-electron chi connectivity index (χ0n) is 12.1. The third-order valence-electron chi connectivity index (χ3n) is 3.57. The number of halogens is 1. The topological polar surface area (TPSA) is 32.5 Å². The first kappa shape index (κ1) is 15.2. The summed E-state index contributed by atoms with van der Waals surface area (Å²) in [6.07, 6.45) is 0. The van der Waals surface area contributed by atoms with Gasteiger partial charge in [0.15, 0.2) is 0 Å². The molecule has 1 fully saturated rings. The molecule has 0 aromatic heterocycles. The Morgan fingerprint density at radius 3 is 2.45 bits per heavy atom. The van der Waals surface area contributed by atoms with E-state index in [0.717, 1.165) is 32.7 Å². The lowest BCUT2D eigenvalue weighted by Crippen LogP contribution is -2.47. The predicted molar refractivity (Wildman–Crippen MR) is 85.8 cm³/mol. The minimum atomic E-state index is -0.243. The summed E-state index contributed by atoms with van der Waals surface area (Å²) >= 11 is 4.87. The van der Waals surface area contributed by atoms with Gasteiger partial charge in [0, 0.05) is 38.3 Å². The zero-order valence-corrected chi connectivity index (χ0v) is 12.9. The van der Waals surface area contributed by atoms with Crippen molar-refractivity contribution in [3.8, 4) is 0 Å². The van der Waals surface area contributed by atoms with Crippen LogP contribution in [0, 0.1) is 11.7 Å². The highest BCUT2D eigenvalue weighted by molar-refractivity contribution is 7.80. The van der Waals surface area contributed by atoms with Crippen LogP contribution in [0.15, 0.2) is 18.2 Å². The van der Waals surface area contributed by atoms with Crippen LogP contribution in [0.5, 0.6) is 0 Å². The average Bonchev–Trinajstić information content (AvgIpc) is 2.39. The lowest BCUT2D eigenvalue weighted by atomic mass is 10.1. The molecule has 0 aliphatic carbocycles. The van der Waals surface area contributed by atoms with Crippen molar-refractivity contribution in [2.45, 2.75) is 13.8 Å². The van der Waals surface area contributed by atoms with E-state index in [1.807, 2.05) is 0 Å². The van der Waals surface area contributed by atoms with Crippen molar-refractivity contribution >= 4 is 22.9 Å². The molecular weight excluding hydrogens is 273 g/mol. The molecule has 1 aliphatic rings. The standard InChI is InChI=1S/C15H22FN3S/c1-11(2)10-18-5-7-19(8-6-18)14-4-3-12(15(17)20)9-13(14)16/h3-4,9,11H,5-8,10H2,1-2H3,(H2,17,20). The van der Waals surface area contributed by atoms with Gasteiger partial charge in [0.25, 0.3) is 0 Å². The van der Waals surface area contributed by atoms with Gasteiger partial charge in [0.1, 0.15) is 10.8 Å². The fourth-order valence-corrected chi connectivity index (χ4v) is 2.73. The van der Waals surface area contributed by atoms with Gasteiger partial charge in [0.05, 0.1) is 5.69 Å². The van der Waals surface area contributed by atoms with E-state index >= 15 is 0 Å². The van der Waals surface area contributed by atoms with Crippen molar-refractivity contribution in [1.29, 1.82) is 0 Å². The van der Waals surface area contributed by atoms with Gasteiger partial charge >= 0.3 is 0 Å². The molecule has 1 aromatic carbocycles. The number of hydrogen-bond acceptors (Lipinski definition) is 3. The number of hydrogen-bond donors (Lipinski definition) is 1. The van der Waals surface area contributed by atoms with E-state index in [1.165, 1.54) is 6.07 Å². The predicted octanol–water partition coefficient (Wildman–Crippen LogP) is 2.24. The van der Waals surface area contributed by atoms with Crippen molar-refractivity contribution in [1.82, 2.24) is 4.90 Å². The second-order valence-corrected chi connectivity index (χ2v) is 6.15. The smallest absolute Gasteiger partial charge is 0.147 e. The molecule has 2 rings (SSSR count).